The van der Waals surface area contributed by atoms with E-state index >= 15 is 0 Å². The molecule has 0 fully saturated rings. The van der Waals surface area contributed by atoms with Crippen molar-refractivity contribution < 1.29 is 5.11 Å². The number of allylic oxidation sites excluding steroid dienone is 2. The van der Waals surface area contributed by atoms with Gasteiger partial charge in [0.25, 0.3) is 5.56 Å². The van der Waals surface area contributed by atoms with Gasteiger partial charge in [-0.2, -0.15) is 0 Å². The molecule has 2 rings (SSSR count). The summed E-state index contributed by atoms with van der Waals surface area (Å²) in [6.07, 6.45) is 6.54. The average molecular weight is 311 g/mol. The number of anilines is 1. The van der Waals surface area contributed by atoms with Crippen molar-refractivity contribution in [1.29, 1.82) is 0 Å². The Morgan fingerprint density at radius 2 is 1.83 bits per heavy atom. The maximum atomic E-state index is 11.5. The van der Waals surface area contributed by atoms with Gasteiger partial charge in [-0.05, 0) is 29.8 Å². The topological polar surface area (TPSA) is 89.2 Å². The Balaban J connectivity index is 2.12. The molecule has 118 valence electrons. The van der Waals surface area contributed by atoms with Crippen molar-refractivity contribution in [3.8, 4) is 5.88 Å². The van der Waals surface area contributed by atoms with Crippen molar-refractivity contribution in [1.82, 2.24) is 9.97 Å². The van der Waals surface area contributed by atoms with Crippen molar-refractivity contribution in [2.45, 2.75) is 0 Å². The number of aromatic amines is 2. The molecule has 0 amide bonds. The molecule has 3 N–H and O–H groups in total. The van der Waals surface area contributed by atoms with Gasteiger partial charge in [-0.1, -0.05) is 24.3 Å². The van der Waals surface area contributed by atoms with Gasteiger partial charge in [0.1, 0.15) is 5.56 Å². The number of aromatic hydroxyl groups is 1. The van der Waals surface area contributed by atoms with Gasteiger partial charge in [-0.25, -0.2) is 4.79 Å². The van der Waals surface area contributed by atoms with Crippen LogP contribution in [0.1, 0.15) is 11.1 Å². The summed E-state index contributed by atoms with van der Waals surface area (Å²) in [7, 11) is 3.96. The molecule has 1 heterocycles. The molecule has 0 saturated heterocycles. The smallest absolute Gasteiger partial charge is 0.328 e. The SMILES string of the molecule is CN(C)c1ccc(/C=C/C=C=Cc2c(O)[nH]c(=O)[nH]c2=O)cc1. The Kier molecular flexibility index (Phi) is 5.02. The zero-order chi connectivity index (χ0) is 16.8. The Bertz CT molecular complexity index is 881. The average Bonchev–Trinajstić information content (AvgIpc) is 2.49. The highest BCUT2D eigenvalue weighted by Crippen LogP contribution is 2.13. The molecule has 6 nitrogen and oxygen atoms in total. The Morgan fingerprint density at radius 3 is 2.43 bits per heavy atom. The highest BCUT2D eigenvalue weighted by atomic mass is 16.3. The zero-order valence-corrected chi connectivity index (χ0v) is 12.8. The first kappa shape index (κ1) is 16.1. The summed E-state index contributed by atoms with van der Waals surface area (Å²) in [5, 5.41) is 9.49. The van der Waals surface area contributed by atoms with Gasteiger partial charge in [0, 0.05) is 19.8 Å². The van der Waals surface area contributed by atoms with Crippen LogP contribution in [0, 0.1) is 0 Å². The number of nitrogens with zero attached hydrogens (tertiary/aromatic N) is 1. The van der Waals surface area contributed by atoms with Crippen LogP contribution in [0.2, 0.25) is 0 Å². The molecule has 23 heavy (non-hydrogen) atoms. The summed E-state index contributed by atoms with van der Waals surface area (Å²) in [6.45, 7) is 0. The van der Waals surface area contributed by atoms with E-state index in [-0.39, 0.29) is 5.56 Å². The fourth-order valence-electron chi connectivity index (χ4n) is 1.85. The van der Waals surface area contributed by atoms with Crippen LogP contribution >= 0.6 is 0 Å². The Labute approximate surface area is 132 Å². The van der Waals surface area contributed by atoms with Crippen molar-refractivity contribution in [2.24, 2.45) is 0 Å². The molecule has 0 spiro atoms. The van der Waals surface area contributed by atoms with Gasteiger partial charge >= 0.3 is 5.69 Å². The molecule has 0 aliphatic rings. The van der Waals surface area contributed by atoms with Crippen LogP contribution in [-0.4, -0.2) is 29.2 Å². The van der Waals surface area contributed by atoms with Crippen LogP contribution in [-0.2, 0) is 0 Å². The lowest BCUT2D eigenvalue weighted by atomic mass is 10.2. The van der Waals surface area contributed by atoms with Crippen LogP contribution < -0.4 is 16.1 Å². The summed E-state index contributed by atoms with van der Waals surface area (Å²) >= 11 is 0. The number of nitrogens with one attached hydrogen (secondary N) is 2. The number of rotatable bonds is 4. The largest absolute Gasteiger partial charge is 0.494 e. The van der Waals surface area contributed by atoms with Gasteiger partial charge in [0.2, 0.25) is 5.88 Å². The van der Waals surface area contributed by atoms with Crippen LogP contribution in [0.3, 0.4) is 0 Å². The number of hydrogen-bond acceptors (Lipinski definition) is 4. The molecular formula is C17H17N3O3. The molecular weight excluding hydrogens is 294 g/mol. The predicted molar refractivity (Wildman–Crippen MR) is 91.7 cm³/mol. The zero-order valence-electron chi connectivity index (χ0n) is 12.8. The molecule has 0 aliphatic carbocycles. The standard InChI is InChI=1S/C17H17N3O3/c1-20(2)13-10-8-12(9-11-13)6-4-3-5-7-14-15(21)18-17(23)19-16(14)22/h3-4,6-11H,1-2H3,(H3,18,19,21,22,23)/b6-4+. The third-order valence-corrected chi connectivity index (χ3v) is 3.08. The van der Waals surface area contributed by atoms with E-state index in [2.05, 4.69) is 10.7 Å². The molecule has 1 aromatic carbocycles. The van der Waals surface area contributed by atoms with E-state index in [1.807, 2.05) is 54.3 Å². The highest BCUT2D eigenvalue weighted by Gasteiger charge is 2.03. The van der Waals surface area contributed by atoms with Crippen LogP contribution in [0.5, 0.6) is 5.88 Å². The van der Waals surface area contributed by atoms with E-state index in [4.69, 9.17) is 0 Å². The van der Waals surface area contributed by atoms with E-state index in [0.29, 0.717) is 0 Å². The number of hydrogen-bond donors (Lipinski definition) is 3. The van der Waals surface area contributed by atoms with Crippen LogP contribution in [0.15, 0.2) is 51.7 Å². The third kappa shape index (κ3) is 4.36. The van der Waals surface area contributed by atoms with E-state index in [0.717, 1.165) is 11.3 Å². The lowest BCUT2D eigenvalue weighted by Gasteiger charge is -2.11. The first-order valence-corrected chi connectivity index (χ1v) is 6.89. The van der Waals surface area contributed by atoms with Gasteiger partial charge in [-0.15, -0.1) is 5.73 Å². The fourth-order valence-corrected chi connectivity index (χ4v) is 1.85. The van der Waals surface area contributed by atoms with Crippen molar-refractivity contribution in [2.75, 3.05) is 19.0 Å². The van der Waals surface area contributed by atoms with Crippen molar-refractivity contribution >= 4 is 17.8 Å². The van der Waals surface area contributed by atoms with Crippen LogP contribution in [0.25, 0.3) is 12.2 Å². The van der Waals surface area contributed by atoms with Gasteiger partial charge in [0.05, 0.1) is 0 Å². The van der Waals surface area contributed by atoms with E-state index in [1.54, 1.807) is 12.2 Å². The lowest BCUT2D eigenvalue weighted by molar-refractivity contribution is 0.447. The maximum Gasteiger partial charge on any atom is 0.328 e. The van der Waals surface area contributed by atoms with Gasteiger partial charge < -0.3 is 10.0 Å². The minimum Gasteiger partial charge on any atom is -0.494 e. The molecule has 6 heteroatoms. The van der Waals surface area contributed by atoms with Crippen molar-refractivity contribution in [3.63, 3.8) is 0 Å². The summed E-state index contributed by atoms with van der Waals surface area (Å²) in [4.78, 5) is 28.6. The molecule has 0 radical (unpaired) electrons. The Morgan fingerprint density at radius 1 is 1.13 bits per heavy atom. The van der Waals surface area contributed by atoms with Crippen LogP contribution in [0.4, 0.5) is 5.69 Å². The summed E-state index contributed by atoms with van der Waals surface area (Å²) in [6, 6.07) is 8.00. The Hall–Kier alpha value is -3.24. The predicted octanol–water partition coefficient (Wildman–Crippen LogP) is 1.72. The second kappa shape index (κ2) is 7.15. The summed E-state index contributed by atoms with van der Waals surface area (Å²) in [5.74, 6) is -0.483. The first-order chi connectivity index (χ1) is 11.0. The lowest BCUT2D eigenvalue weighted by Crippen LogP contribution is -2.23. The van der Waals surface area contributed by atoms with E-state index in [1.165, 1.54) is 6.08 Å². The molecule has 0 aliphatic heterocycles. The highest BCUT2D eigenvalue weighted by molar-refractivity contribution is 5.57. The normalized spacial score (nSPS) is 10.3. The fraction of sp³-hybridized carbons (Fsp3) is 0.118. The number of aromatic nitrogens is 2. The molecule has 0 unspecified atom stereocenters. The monoisotopic (exact) mass is 311 g/mol. The molecule has 0 saturated carbocycles. The minimum absolute atomic E-state index is 0.0513. The third-order valence-electron chi connectivity index (χ3n) is 3.08. The minimum atomic E-state index is -0.755. The second-order valence-corrected chi connectivity index (χ2v) is 4.99. The molecule has 0 bridgehead atoms. The summed E-state index contributed by atoms with van der Waals surface area (Å²) < 4.78 is 0. The molecule has 2 aromatic rings. The first-order valence-electron chi connectivity index (χ1n) is 6.89. The quantitative estimate of drug-likeness (QED) is 0.592. The van der Waals surface area contributed by atoms with E-state index in [9.17, 15) is 14.7 Å². The molecule has 1 aromatic heterocycles. The summed E-state index contributed by atoms with van der Waals surface area (Å²) in [5.41, 5.74) is 3.42. The van der Waals surface area contributed by atoms with E-state index < -0.39 is 17.1 Å². The second-order valence-electron chi connectivity index (χ2n) is 4.99. The number of H-pyrrole nitrogens is 2. The van der Waals surface area contributed by atoms with Gasteiger partial charge in [0.15, 0.2) is 0 Å². The number of benzene rings is 1. The van der Waals surface area contributed by atoms with Crippen molar-refractivity contribution in [3.05, 3.63) is 74.1 Å². The van der Waals surface area contributed by atoms with Gasteiger partial charge in [-0.3, -0.25) is 14.8 Å². The molecule has 0 atom stereocenters. The maximum absolute atomic E-state index is 11.5.